The highest BCUT2D eigenvalue weighted by Gasteiger charge is 2.20. The van der Waals surface area contributed by atoms with E-state index in [0.29, 0.717) is 5.69 Å². The topological polar surface area (TPSA) is 55.1 Å². The van der Waals surface area contributed by atoms with Crippen molar-refractivity contribution < 1.29 is 14.4 Å². The largest absolute Gasteiger partial charge is 0.350 e. The summed E-state index contributed by atoms with van der Waals surface area (Å²) >= 11 is 0. The molecule has 0 radical (unpaired) electrons. The average molecular weight is 182 g/mol. The molecule has 0 aliphatic heterocycles. The Balaban J connectivity index is 3.13. The molecule has 0 aliphatic carbocycles. The third kappa shape index (κ3) is 1.93. The standard InChI is InChI=1S/C8H11N3O2/c1-6-5-11(13-3)7(4-10-6)8(12)9-2/h4-5H,1-3H3/p+1. The summed E-state index contributed by atoms with van der Waals surface area (Å²) in [4.78, 5) is 20.2. The predicted octanol–water partition coefficient (Wildman–Crippen LogP) is -0.904. The zero-order valence-electron chi connectivity index (χ0n) is 7.87. The van der Waals surface area contributed by atoms with Crippen LogP contribution in [0.4, 0.5) is 0 Å². The predicted molar refractivity (Wildman–Crippen MR) is 45.1 cm³/mol. The van der Waals surface area contributed by atoms with Gasteiger partial charge >= 0.3 is 11.6 Å². The van der Waals surface area contributed by atoms with E-state index in [2.05, 4.69) is 10.3 Å². The van der Waals surface area contributed by atoms with Gasteiger partial charge in [-0.05, 0) is 6.92 Å². The molecule has 0 aromatic carbocycles. The van der Waals surface area contributed by atoms with Crippen molar-refractivity contribution in [3.05, 3.63) is 23.8 Å². The second kappa shape index (κ2) is 3.84. The summed E-state index contributed by atoms with van der Waals surface area (Å²) in [6, 6.07) is 0. The van der Waals surface area contributed by atoms with Gasteiger partial charge in [0, 0.05) is 11.8 Å². The molecule has 13 heavy (non-hydrogen) atoms. The molecule has 5 heteroatoms. The van der Waals surface area contributed by atoms with Crippen LogP contribution in [-0.2, 0) is 0 Å². The molecule has 0 fully saturated rings. The molecular weight excluding hydrogens is 170 g/mol. The lowest BCUT2D eigenvalue weighted by Gasteiger charge is -1.98. The minimum absolute atomic E-state index is 0.227. The van der Waals surface area contributed by atoms with Gasteiger partial charge in [-0.1, -0.05) is 0 Å². The summed E-state index contributed by atoms with van der Waals surface area (Å²) in [5, 5.41) is 2.50. The Morgan fingerprint density at radius 1 is 1.69 bits per heavy atom. The molecule has 0 bridgehead atoms. The summed E-state index contributed by atoms with van der Waals surface area (Å²) in [6.07, 6.45) is 3.11. The minimum atomic E-state index is -0.227. The number of aryl methyl sites for hydroxylation is 1. The Morgan fingerprint density at radius 3 is 2.92 bits per heavy atom. The molecule has 0 unspecified atom stereocenters. The highest BCUT2D eigenvalue weighted by Crippen LogP contribution is 1.90. The summed E-state index contributed by atoms with van der Waals surface area (Å²) in [6.45, 7) is 1.82. The molecule has 1 aromatic rings. The van der Waals surface area contributed by atoms with Crippen LogP contribution in [0.2, 0.25) is 0 Å². The molecule has 1 rings (SSSR count). The molecule has 70 valence electrons. The monoisotopic (exact) mass is 182 g/mol. The van der Waals surface area contributed by atoms with Gasteiger partial charge in [-0.15, -0.1) is 0 Å². The van der Waals surface area contributed by atoms with Crippen molar-refractivity contribution in [2.24, 2.45) is 0 Å². The number of aromatic nitrogens is 2. The molecule has 0 saturated carbocycles. The zero-order valence-corrected chi connectivity index (χ0v) is 7.87. The lowest BCUT2D eigenvalue weighted by atomic mass is 10.4. The first-order valence-corrected chi connectivity index (χ1v) is 3.84. The second-order valence-electron chi connectivity index (χ2n) is 2.50. The first-order valence-electron chi connectivity index (χ1n) is 3.84. The average Bonchev–Trinajstić information content (AvgIpc) is 2.16. The van der Waals surface area contributed by atoms with Crippen molar-refractivity contribution in [1.29, 1.82) is 0 Å². The van der Waals surface area contributed by atoms with E-state index in [1.165, 1.54) is 18.0 Å². The number of amides is 1. The van der Waals surface area contributed by atoms with Crippen LogP contribution in [0.25, 0.3) is 0 Å². The van der Waals surface area contributed by atoms with Crippen LogP contribution in [0, 0.1) is 6.92 Å². The lowest BCUT2D eigenvalue weighted by molar-refractivity contribution is -0.887. The van der Waals surface area contributed by atoms with Gasteiger partial charge in [0.15, 0.2) is 0 Å². The van der Waals surface area contributed by atoms with Crippen molar-refractivity contribution >= 4 is 5.91 Å². The Kier molecular flexibility index (Phi) is 2.79. The quantitative estimate of drug-likeness (QED) is 0.603. The van der Waals surface area contributed by atoms with E-state index >= 15 is 0 Å². The molecule has 1 N–H and O–H groups in total. The Bertz CT molecular complexity index is 325. The maximum absolute atomic E-state index is 11.3. The van der Waals surface area contributed by atoms with E-state index in [-0.39, 0.29) is 5.91 Å². The van der Waals surface area contributed by atoms with E-state index in [4.69, 9.17) is 4.84 Å². The van der Waals surface area contributed by atoms with E-state index in [0.717, 1.165) is 5.69 Å². The highest BCUT2D eigenvalue weighted by atomic mass is 16.6. The number of carbonyl (C=O) groups is 1. The van der Waals surface area contributed by atoms with Crippen molar-refractivity contribution in [1.82, 2.24) is 10.3 Å². The van der Waals surface area contributed by atoms with Crippen LogP contribution in [0.15, 0.2) is 12.4 Å². The van der Waals surface area contributed by atoms with E-state index in [1.807, 2.05) is 6.92 Å². The molecule has 1 heterocycles. The third-order valence-electron chi connectivity index (χ3n) is 1.59. The summed E-state index contributed by atoms with van der Waals surface area (Å²) < 4.78 is 1.38. The Labute approximate surface area is 76.3 Å². The number of rotatable bonds is 2. The highest BCUT2D eigenvalue weighted by molar-refractivity contribution is 5.90. The van der Waals surface area contributed by atoms with Crippen LogP contribution in [0.1, 0.15) is 16.2 Å². The molecule has 0 spiro atoms. The summed E-state index contributed by atoms with van der Waals surface area (Å²) in [5.41, 5.74) is 1.16. The van der Waals surface area contributed by atoms with Gasteiger partial charge in [-0.25, -0.2) is 4.98 Å². The van der Waals surface area contributed by atoms with Crippen LogP contribution >= 0.6 is 0 Å². The first kappa shape index (κ1) is 9.44. The fourth-order valence-corrected chi connectivity index (χ4v) is 0.930. The number of carbonyl (C=O) groups excluding carboxylic acids is 1. The summed E-state index contributed by atoms with van der Waals surface area (Å²) in [5.74, 6) is -0.227. The minimum Gasteiger partial charge on any atom is -0.350 e. The smallest absolute Gasteiger partial charge is 0.339 e. The van der Waals surface area contributed by atoms with E-state index < -0.39 is 0 Å². The first-order chi connectivity index (χ1) is 6.19. The number of hydrogen-bond donors (Lipinski definition) is 1. The van der Waals surface area contributed by atoms with Gasteiger partial charge in [-0.3, -0.25) is 9.63 Å². The van der Waals surface area contributed by atoms with Gasteiger partial charge in [0.05, 0.1) is 0 Å². The number of nitrogens with one attached hydrogen (secondary N) is 1. The molecule has 1 aromatic heterocycles. The molecule has 0 aliphatic rings. The third-order valence-corrected chi connectivity index (χ3v) is 1.59. The van der Waals surface area contributed by atoms with Gasteiger partial charge in [0.2, 0.25) is 6.20 Å². The Hall–Kier alpha value is -1.65. The van der Waals surface area contributed by atoms with Crippen molar-refractivity contribution in [3.8, 4) is 0 Å². The van der Waals surface area contributed by atoms with Gasteiger partial charge < -0.3 is 5.32 Å². The Morgan fingerprint density at radius 2 is 2.38 bits per heavy atom. The van der Waals surface area contributed by atoms with E-state index in [1.54, 1.807) is 13.2 Å². The van der Waals surface area contributed by atoms with Crippen molar-refractivity contribution in [3.63, 3.8) is 0 Å². The molecule has 5 nitrogen and oxygen atoms in total. The molecule has 1 amide bonds. The SMILES string of the molecule is CNC(=O)c1cnc(C)c[n+]1OC. The lowest BCUT2D eigenvalue weighted by Crippen LogP contribution is -2.48. The fraction of sp³-hybridized carbons (Fsp3) is 0.375. The van der Waals surface area contributed by atoms with Crippen LogP contribution < -0.4 is 14.9 Å². The summed E-state index contributed by atoms with van der Waals surface area (Å²) in [7, 11) is 3.05. The van der Waals surface area contributed by atoms with E-state index in [9.17, 15) is 4.79 Å². The molecular formula is C8H12N3O2+. The number of nitrogens with zero attached hydrogens (tertiary/aromatic N) is 2. The maximum Gasteiger partial charge on any atom is 0.339 e. The van der Waals surface area contributed by atoms with Gasteiger partial charge in [0.25, 0.3) is 0 Å². The van der Waals surface area contributed by atoms with Crippen molar-refractivity contribution in [2.75, 3.05) is 14.2 Å². The normalized spacial score (nSPS) is 9.46. The van der Waals surface area contributed by atoms with Crippen molar-refractivity contribution in [2.45, 2.75) is 6.92 Å². The van der Waals surface area contributed by atoms with Crippen LogP contribution in [0.5, 0.6) is 0 Å². The maximum atomic E-state index is 11.3. The molecule has 0 atom stereocenters. The zero-order chi connectivity index (χ0) is 9.84. The van der Waals surface area contributed by atoms with Gasteiger partial charge in [0.1, 0.15) is 19.0 Å². The second-order valence-corrected chi connectivity index (χ2v) is 2.50. The van der Waals surface area contributed by atoms with Crippen LogP contribution in [-0.4, -0.2) is 25.0 Å². The fourth-order valence-electron chi connectivity index (χ4n) is 0.930. The number of hydrogen-bond acceptors (Lipinski definition) is 3. The van der Waals surface area contributed by atoms with Crippen LogP contribution in [0.3, 0.4) is 0 Å². The van der Waals surface area contributed by atoms with Gasteiger partial charge in [-0.2, -0.15) is 0 Å². The molecule has 0 saturated heterocycles.